The van der Waals surface area contributed by atoms with Crippen LogP contribution in [0.2, 0.25) is 0 Å². The zero-order valence-electron chi connectivity index (χ0n) is 11.7. The largest absolute Gasteiger partial charge is 0.385 e. The molecule has 1 N–H and O–H groups in total. The van der Waals surface area contributed by atoms with E-state index in [4.69, 9.17) is 0 Å². The van der Waals surface area contributed by atoms with Gasteiger partial charge in [-0.3, -0.25) is 4.68 Å². The highest BCUT2D eigenvalue weighted by atomic mass is 32.2. The van der Waals surface area contributed by atoms with Gasteiger partial charge in [0.05, 0.1) is 17.3 Å². The fourth-order valence-corrected chi connectivity index (χ4v) is 5.68. The summed E-state index contributed by atoms with van der Waals surface area (Å²) >= 11 is 2.10. The number of benzene rings is 1. The summed E-state index contributed by atoms with van der Waals surface area (Å²) in [6, 6.07) is 6.32. The zero-order valence-corrected chi connectivity index (χ0v) is 12.6. The molecule has 0 amide bonds. The van der Waals surface area contributed by atoms with Crippen molar-refractivity contribution in [1.29, 1.82) is 0 Å². The summed E-state index contributed by atoms with van der Waals surface area (Å²) in [4.78, 5) is 0. The third-order valence-electron chi connectivity index (χ3n) is 4.85. The first kappa shape index (κ1) is 12.7. The molecule has 4 rings (SSSR count). The van der Waals surface area contributed by atoms with Crippen LogP contribution in [-0.4, -0.2) is 25.4 Å². The van der Waals surface area contributed by atoms with Gasteiger partial charge in [0.15, 0.2) is 0 Å². The quantitative estimate of drug-likeness (QED) is 0.875. The van der Waals surface area contributed by atoms with Crippen LogP contribution >= 0.6 is 11.8 Å². The topological polar surface area (TPSA) is 38.0 Å². The van der Waals surface area contributed by atoms with Gasteiger partial charge >= 0.3 is 0 Å². The van der Waals surface area contributed by atoms with Gasteiger partial charge < -0.3 is 5.11 Å². The molecule has 2 atom stereocenters. The van der Waals surface area contributed by atoms with Crippen molar-refractivity contribution in [2.24, 2.45) is 7.05 Å². The Bertz CT molecular complexity index is 639. The molecular weight excluding hydrogens is 268 g/mol. The Labute approximate surface area is 123 Å². The summed E-state index contributed by atoms with van der Waals surface area (Å²) in [5.41, 5.74) is 1.55. The first-order chi connectivity index (χ1) is 9.64. The van der Waals surface area contributed by atoms with E-state index in [1.54, 1.807) is 0 Å². The van der Waals surface area contributed by atoms with Crippen LogP contribution in [0.1, 0.15) is 37.7 Å². The predicted octanol–water partition coefficient (Wildman–Crippen LogP) is 3.21. The lowest BCUT2D eigenvalue weighted by Gasteiger charge is -2.44. The molecule has 3 heterocycles. The van der Waals surface area contributed by atoms with Gasteiger partial charge in [-0.2, -0.15) is 16.9 Å². The molecule has 0 spiro atoms. The van der Waals surface area contributed by atoms with E-state index in [-0.39, 0.29) is 0 Å². The molecule has 2 aliphatic heterocycles. The van der Waals surface area contributed by atoms with Gasteiger partial charge in [0.2, 0.25) is 0 Å². The Kier molecular flexibility index (Phi) is 2.86. The van der Waals surface area contributed by atoms with Crippen LogP contribution in [-0.2, 0) is 12.6 Å². The van der Waals surface area contributed by atoms with Crippen molar-refractivity contribution in [3.63, 3.8) is 0 Å². The van der Waals surface area contributed by atoms with Gasteiger partial charge in [-0.1, -0.05) is 18.6 Å². The first-order valence-corrected chi connectivity index (χ1v) is 8.38. The van der Waals surface area contributed by atoms with Crippen LogP contribution in [0.3, 0.4) is 0 Å². The number of aromatic nitrogens is 2. The maximum atomic E-state index is 11.2. The maximum absolute atomic E-state index is 11.2. The minimum Gasteiger partial charge on any atom is -0.385 e. The van der Waals surface area contributed by atoms with Gasteiger partial charge in [0, 0.05) is 22.9 Å². The average Bonchev–Trinajstić information content (AvgIpc) is 2.79. The fourth-order valence-electron chi connectivity index (χ4n) is 3.79. The van der Waals surface area contributed by atoms with Gasteiger partial charge in [-0.15, -0.1) is 0 Å². The van der Waals surface area contributed by atoms with Gasteiger partial charge in [-0.05, 0) is 37.3 Å². The van der Waals surface area contributed by atoms with E-state index in [0.29, 0.717) is 10.5 Å². The van der Waals surface area contributed by atoms with Crippen molar-refractivity contribution in [3.05, 3.63) is 30.0 Å². The summed E-state index contributed by atoms with van der Waals surface area (Å²) in [5.74, 6) is 0. The van der Waals surface area contributed by atoms with E-state index in [1.807, 2.05) is 17.9 Å². The van der Waals surface area contributed by atoms with Crippen LogP contribution in [0, 0.1) is 0 Å². The maximum Gasteiger partial charge on any atom is 0.0918 e. The smallest absolute Gasteiger partial charge is 0.0918 e. The lowest BCUT2D eigenvalue weighted by Crippen LogP contribution is -2.40. The summed E-state index contributed by atoms with van der Waals surface area (Å²) in [6.45, 7) is 0. The van der Waals surface area contributed by atoms with Crippen LogP contribution in [0.4, 0.5) is 0 Å². The third-order valence-corrected chi connectivity index (χ3v) is 6.43. The van der Waals surface area contributed by atoms with Crippen molar-refractivity contribution in [3.8, 4) is 0 Å². The van der Waals surface area contributed by atoms with Crippen molar-refractivity contribution in [1.82, 2.24) is 9.78 Å². The van der Waals surface area contributed by atoms with Crippen molar-refractivity contribution in [2.75, 3.05) is 0 Å². The molecule has 4 heteroatoms. The Morgan fingerprint density at radius 1 is 1.30 bits per heavy atom. The summed E-state index contributed by atoms with van der Waals surface area (Å²) < 4.78 is 1.89. The van der Waals surface area contributed by atoms with Gasteiger partial charge in [0.25, 0.3) is 0 Å². The monoisotopic (exact) mass is 288 g/mol. The zero-order chi connectivity index (χ0) is 13.7. The molecule has 3 nitrogen and oxygen atoms in total. The molecule has 2 bridgehead atoms. The van der Waals surface area contributed by atoms with E-state index in [2.05, 4.69) is 35.1 Å². The normalized spacial score (nSPS) is 33.5. The molecule has 0 radical (unpaired) electrons. The lowest BCUT2D eigenvalue weighted by atomic mass is 9.80. The van der Waals surface area contributed by atoms with Crippen LogP contribution < -0.4 is 0 Å². The minimum atomic E-state index is -0.639. The highest BCUT2D eigenvalue weighted by Crippen LogP contribution is 2.49. The molecule has 2 fully saturated rings. The standard InChI is InChI=1S/C16H20N2OS/c1-18-15-7-12(6-5-11(15)10-17-18)16(19)8-13-3-2-4-14(9-16)20-13/h5-7,10,13-14,19H,2-4,8-9H2,1H3. The summed E-state index contributed by atoms with van der Waals surface area (Å²) in [5, 5.41) is 17.9. The molecule has 2 unspecified atom stereocenters. The highest BCUT2D eigenvalue weighted by molar-refractivity contribution is 8.00. The van der Waals surface area contributed by atoms with E-state index >= 15 is 0 Å². The van der Waals surface area contributed by atoms with Crippen molar-refractivity contribution < 1.29 is 5.11 Å². The number of rotatable bonds is 1. The van der Waals surface area contributed by atoms with Crippen LogP contribution in [0.5, 0.6) is 0 Å². The number of aryl methyl sites for hydroxylation is 1. The third kappa shape index (κ3) is 1.97. The first-order valence-electron chi connectivity index (χ1n) is 7.44. The Balaban J connectivity index is 1.75. The van der Waals surface area contributed by atoms with Crippen LogP contribution in [0.25, 0.3) is 10.9 Å². The van der Waals surface area contributed by atoms with E-state index in [1.165, 1.54) is 19.3 Å². The fraction of sp³-hybridized carbons (Fsp3) is 0.562. The molecule has 2 aromatic rings. The molecule has 0 saturated carbocycles. The van der Waals surface area contributed by atoms with Crippen LogP contribution in [0.15, 0.2) is 24.4 Å². The molecular formula is C16H20N2OS. The van der Waals surface area contributed by atoms with E-state index in [9.17, 15) is 5.11 Å². The SMILES string of the molecule is Cn1ncc2ccc(C3(O)CC4CCCC(C3)S4)cc21. The number of hydrogen-bond acceptors (Lipinski definition) is 3. The Hall–Kier alpha value is -1.00. The lowest BCUT2D eigenvalue weighted by molar-refractivity contribution is 0.00823. The second-order valence-corrected chi connectivity index (χ2v) is 7.90. The number of hydrogen-bond donors (Lipinski definition) is 1. The highest BCUT2D eigenvalue weighted by Gasteiger charge is 2.42. The van der Waals surface area contributed by atoms with Crippen molar-refractivity contribution in [2.45, 2.75) is 48.2 Å². The molecule has 2 aliphatic rings. The average molecular weight is 288 g/mol. The second-order valence-electron chi connectivity index (χ2n) is 6.29. The summed E-state index contributed by atoms with van der Waals surface area (Å²) in [6.07, 6.45) is 7.54. The number of fused-ring (bicyclic) bond motifs is 3. The molecule has 0 aliphatic carbocycles. The molecule has 106 valence electrons. The van der Waals surface area contributed by atoms with Gasteiger partial charge in [0.1, 0.15) is 0 Å². The summed E-state index contributed by atoms with van der Waals surface area (Å²) in [7, 11) is 1.96. The second kappa shape index (κ2) is 4.50. The number of aliphatic hydroxyl groups is 1. The Morgan fingerprint density at radius 3 is 2.80 bits per heavy atom. The predicted molar refractivity (Wildman–Crippen MR) is 82.9 cm³/mol. The Morgan fingerprint density at radius 2 is 2.05 bits per heavy atom. The number of nitrogens with zero attached hydrogens (tertiary/aromatic N) is 2. The van der Waals surface area contributed by atoms with Crippen molar-refractivity contribution >= 4 is 22.7 Å². The molecule has 1 aromatic heterocycles. The van der Waals surface area contributed by atoms with E-state index in [0.717, 1.165) is 29.3 Å². The van der Waals surface area contributed by atoms with Gasteiger partial charge in [-0.25, -0.2) is 0 Å². The minimum absolute atomic E-state index is 0.634. The molecule has 1 aromatic carbocycles. The molecule has 20 heavy (non-hydrogen) atoms. The number of thioether (sulfide) groups is 1. The molecule has 2 saturated heterocycles. The van der Waals surface area contributed by atoms with E-state index < -0.39 is 5.60 Å².